The van der Waals surface area contributed by atoms with Crippen LogP contribution in [0.5, 0.6) is 0 Å². The number of rotatable bonds is 4. The second-order valence-corrected chi connectivity index (χ2v) is 3.38. The second-order valence-electron chi connectivity index (χ2n) is 3.38. The molecule has 1 amide bonds. The first-order valence-electron chi connectivity index (χ1n) is 4.69. The highest BCUT2D eigenvalue weighted by atomic mass is 16.5. The van der Waals surface area contributed by atoms with Gasteiger partial charge in [-0.3, -0.25) is 4.79 Å². The number of carbonyl (C=O) groups is 1. The summed E-state index contributed by atoms with van der Waals surface area (Å²) in [5.74, 6) is 0.133. The zero-order valence-electron chi connectivity index (χ0n) is 8.03. The molecule has 1 heterocycles. The van der Waals surface area contributed by atoms with Gasteiger partial charge >= 0.3 is 0 Å². The summed E-state index contributed by atoms with van der Waals surface area (Å²) >= 11 is 0. The van der Waals surface area contributed by atoms with Crippen molar-refractivity contribution < 1.29 is 14.6 Å². The standard InChI is InChI=1S/C9H17NO3/c1-13-6-2-3-9(12)10-5-4-8(11)7-10/h8,11H,2-7H2,1H3/t8-/m1/s1. The Morgan fingerprint density at radius 2 is 2.46 bits per heavy atom. The van der Waals surface area contributed by atoms with Crippen LogP contribution in [0.3, 0.4) is 0 Å². The van der Waals surface area contributed by atoms with Crippen molar-refractivity contribution in [3.63, 3.8) is 0 Å². The van der Waals surface area contributed by atoms with Crippen LogP contribution in [0.1, 0.15) is 19.3 Å². The Kier molecular flexibility index (Phi) is 4.18. The molecule has 76 valence electrons. The fraction of sp³-hybridized carbons (Fsp3) is 0.889. The summed E-state index contributed by atoms with van der Waals surface area (Å²) in [6.07, 6.45) is 1.70. The molecule has 0 saturated carbocycles. The molecule has 1 aliphatic rings. The average Bonchev–Trinajstić information content (AvgIpc) is 2.52. The van der Waals surface area contributed by atoms with Crippen LogP contribution in [0.25, 0.3) is 0 Å². The molecule has 1 atom stereocenters. The number of likely N-dealkylation sites (tertiary alicyclic amines) is 1. The normalized spacial score (nSPS) is 22.3. The number of β-amino-alcohol motifs (C(OH)–C–C–N with tert-alkyl or cyclic N) is 1. The van der Waals surface area contributed by atoms with E-state index in [1.54, 1.807) is 12.0 Å². The quantitative estimate of drug-likeness (QED) is 0.630. The molecule has 0 aromatic heterocycles. The van der Waals surface area contributed by atoms with E-state index >= 15 is 0 Å². The van der Waals surface area contributed by atoms with E-state index in [4.69, 9.17) is 4.74 Å². The van der Waals surface area contributed by atoms with E-state index in [1.807, 2.05) is 0 Å². The van der Waals surface area contributed by atoms with E-state index < -0.39 is 0 Å². The predicted molar refractivity (Wildman–Crippen MR) is 48.3 cm³/mol. The third kappa shape index (κ3) is 3.32. The van der Waals surface area contributed by atoms with Crippen LogP contribution in [0, 0.1) is 0 Å². The molecule has 0 bridgehead atoms. The molecule has 1 fully saturated rings. The minimum absolute atomic E-state index is 0.133. The van der Waals surface area contributed by atoms with Crippen molar-refractivity contribution in [2.45, 2.75) is 25.4 Å². The average molecular weight is 187 g/mol. The molecule has 0 aromatic rings. The van der Waals surface area contributed by atoms with Crippen LogP contribution in [-0.2, 0) is 9.53 Å². The van der Waals surface area contributed by atoms with Gasteiger partial charge in [-0.15, -0.1) is 0 Å². The van der Waals surface area contributed by atoms with Gasteiger partial charge in [0.05, 0.1) is 6.10 Å². The minimum atomic E-state index is -0.314. The molecule has 1 saturated heterocycles. The molecule has 0 unspecified atom stereocenters. The SMILES string of the molecule is COCCCC(=O)N1CC[C@@H](O)C1. The van der Waals surface area contributed by atoms with Crippen LogP contribution in [0.15, 0.2) is 0 Å². The van der Waals surface area contributed by atoms with E-state index in [-0.39, 0.29) is 12.0 Å². The van der Waals surface area contributed by atoms with Gasteiger partial charge in [0.15, 0.2) is 0 Å². The monoisotopic (exact) mass is 187 g/mol. The molecular weight excluding hydrogens is 170 g/mol. The molecule has 0 radical (unpaired) electrons. The maximum absolute atomic E-state index is 11.4. The molecule has 1 aliphatic heterocycles. The summed E-state index contributed by atoms with van der Waals surface area (Å²) < 4.78 is 4.86. The van der Waals surface area contributed by atoms with Crippen molar-refractivity contribution in [1.29, 1.82) is 0 Å². The van der Waals surface area contributed by atoms with Crippen molar-refractivity contribution in [2.75, 3.05) is 26.8 Å². The highest BCUT2D eigenvalue weighted by molar-refractivity contribution is 5.76. The van der Waals surface area contributed by atoms with Gasteiger partial charge in [-0.25, -0.2) is 0 Å². The van der Waals surface area contributed by atoms with Gasteiger partial charge in [-0.1, -0.05) is 0 Å². The fourth-order valence-corrected chi connectivity index (χ4v) is 1.49. The zero-order valence-corrected chi connectivity index (χ0v) is 8.03. The van der Waals surface area contributed by atoms with Crippen molar-refractivity contribution >= 4 is 5.91 Å². The van der Waals surface area contributed by atoms with Gasteiger partial charge in [-0.05, 0) is 12.8 Å². The zero-order chi connectivity index (χ0) is 9.68. The first-order valence-corrected chi connectivity index (χ1v) is 4.69. The molecule has 1 N–H and O–H groups in total. The molecule has 1 rings (SSSR count). The number of ether oxygens (including phenoxy) is 1. The lowest BCUT2D eigenvalue weighted by Gasteiger charge is -2.14. The van der Waals surface area contributed by atoms with Crippen LogP contribution in [-0.4, -0.2) is 48.8 Å². The molecule has 13 heavy (non-hydrogen) atoms. The van der Waals surface area contributed by atoms with Crippen molar-refractivity contribution in [3.05, 3.63) is 0 Å². The highest BCUT2D eigenvalue weighted by Crippen LogP contribution is 2.10. The van der Waals surface area contributed by atoms with Crippen molar-refractivity contribution in [1.82, 2.24) is 4.90 Å². The Morgan fingerprint density at radius 1 is 1.69 bits per heavy atom. The Balaban J connectivity index is 2.16. The first kappa shape index (κ1) is 10.5. The van der Waals surface area contributed by atoms with Gasteiger partial charge in [-0.2, -0.15) is 0 Å². The number of methoxy groups -OCH3 is 1. The number of hydrogen-bond acceptors (Lipinski definition) is 3. The fourth-order valence-electron chi connectivity index (χ4n) is 1.49. The van der Waals surface area contributed by atoms with E-state index in [0.29, 0.717) is 26.1 Å². The predicted octanol–water partition coefficient (Wildman–Crippen LogP) is 0.00620. The third-order valence-electron chi connectivity index (χ3n) is 2.26. The summed E-state index contributed by atoms with van der Waals surface area (Å²) in [5, 5.41) is 9.20. The molecular formula is C9H17NO3. The van der Waals surface area contributed by atoms with Crippen molar-refractivity contribution in [3.8, 4) is 0 Å². The van der Waals surface area contributed by atoms with Crippen LogP contribution >= 0.6 is 0 Å². The van der Waals surface area contributed by atoms with Crippen molar-refractivity contribution in [2.24, 2.45) is 0 Å². The lowest BCUT2D eigenvalue weighted by atomic mass is 10.3. The van der Waals surface area contributed by atoms with E-state index in [1.165, 1.54) is 0 Å². The molecule has 4 heteroatoms. The lowest BCUT2D eigenvalue weighted by molar-refractivity contribution is -0.130. The Morgan fingerprint density at radius 3 is 3.00 bits per heavy atom. The number of aliphatic hydroxyl groups excluding tert-OH is 1. The number of amides is 1. The highest BCUT2D eigenvalue weighted by Gasteiger charge is 2.23. The maximum Gasteiger partial charge on any atom is 0.222 e. The van der Waals surface area contributed by atoms with Gasteiger partial charge in [0.25, 0.3) is 0 Å². The second kappa shape index (κ2) is 5.19. The molecule has 0 aliphatic carbocycles. The van der Waals surface area contributed by atoms with Gasteiger partial charge < -0.3 is 14.7 Å². The van der Waals surface area contributed by atoms with Gasteiger partial charge in [0, 0.05) is 33.2 Å². The van der Waals surface area contributed by atoms with Gasteiger partial charge in [0.2, 0.25) is 5.91 Å². The smallest absolute Gasteiger partial charge is 0.222 e. The topological polar surface area (TPSA) is 49.8 Å². The summed E-state index contributed by atoms with van der Waals surface area (Å²) in [5.41, 5.74) is 0. The van der Waals surface area contributed by atoms with E-state index in [2.05, 4.69) is 0 Å². The summed E-state index contributed by atoms with van der Waals surface area (Å²) in [6, 6.07) is 0. The Bertz CT molecular complexity index is 172. The van der Waals surface area contributed by atoms with Crippen LogP contribution < -0.4 is 0 Å². The number of carbonyl (C=O) groups excluding carboxylic acids is 1. The summed E-state index contributed by atoms with van der Waals surface area (Å²) in [4.78, 5) is 13.1. The minimum Gasteiger partial charge on any atom is -0.391 e. The maximum atomic E-state index is 11.4. The van der Waals surface area contributed by atoms with Crippen LogP contribution in [0.4, 0.5) is 0 Å². The van der Waals surface area contributed by atoms with E-state index in [0.717, 1.165) is 12.8 Å². The Hall–Kier alpha value is -0.610. The molecule has 4 nitrogen and oxygen atoms in total. The van der Waals surface area contributed by atoms with E-state index in [9.17, 15) is 9.90 Å². The largest absolute Gasteiger partial charge is 0.391 e. The summed E-state index contributed by atoms with van der Waals surface area (Å²) in [7, 11) is 1.63. The molecule has 0 spiro atoms. The van der Waals surface area contributed by atoms with Crippen LogP contribution in [0.2, 0.25) is 0 Å². The third-order valence-corrected chi connectivity index (χ3v) is 2.26. The Labute approximate surface area is 78.5 Å². The number of aliphatic hydroxyl groups is 1. The number of hydrogen-bond donors (Lipinski definition) is 1. The first-order chi connectivity index (χ1) is 6.24. The van der Waals surface area contributed by atoms with Gasteiger partial charge in [0.1, 0.15) is 0 Å². The lowest BCUT2D eigenvalue weighted by Crippen LogP contribution is -2.29. The number of nitrogens with zero attached hydrogens (tertiary/aromatic N) is 1. The summed E-state index contributed by atoms with van der Waals surface area (Å²) in [6.45, 7) is 1.83. The molecule has 0 aromatic carbocycles.